The summed E-state index contributed by atoms with van der Waals surface area (Å²) in [4.78, 5) is 24.3. The number of benzene rings is 2. The average molecular weight is 378 g/mol. The fraction of sp³-hybridized carbons (Fsp3) is 0.300. The molecule has 1 N–H and O–H groups in total. The highest BCUT2D eigenvalue weighted by molar-refractivity contribution is 6.33. The quantitative estimate of drug-likeness (QED) is 0.737. The number of carbonyl (C=O) groups excluding carboxylic acids is 2. The van der Waals surface area contributed by atoms with Crippen molar-refractivity contribution >= 4 is 23.5 Å². The number of halogens is 2. The number of rotatable bonds is 7. The van der Waals surface area contributed by atoms with Crippen LogP contribution < -0.4 is 5.32 Å². The van der Waals surface area contributed by atoms with Crippen LogP contribution in [-0.2, 0) is 16.0 Å². The van der Waals surface area contributed by atoms with Gasteiger partial charge in [-0.15, -0.1) is 0 Å². The van der Waals surface area contributed by atoms with E-state index in [1.54, 1.807) is 0 Å². The predicted octanol–water partition coefficient (Wildman–Crippen LogP) is 4.16. The van der Waals surface area contributed by atoms with E-state index in [9.17, 15) is 14.0 Å². The summed E-state index contributed by atoms with van der Waals surface area (Å²) in [6, 6.07) is 13.7. The van der Waals surface area contributed by atoms with E-state index < -0.39 is 23.8 Å². The zero-order valence-corrected chi connectivity index (χ0v) is 15.4. The van der Waals surface area contributed by atoms with E-state index >= 15 is 0 Å². The largest absolute Gasteiger partial charge is 0.449 e. The van der Waals surface area contributed by atoms with Gasteiger partial charge >= 0.3 is 5.97 Å². The molecule has 0 saturated heterocycles. The second kappa shape index (κ2) is 9.34. The second-order valence-electron chi connectivity index (χ2n) is 6.08. The Labute approximate surface area is 157 Å². The minimum Gasteiger partial charge on any atom is -0.449 e. The number of amides is 1. The highest BCUT2D eigenvalue weighted by atomic mass is 35.5. The highest BCUT2D eigenvalue weighted by Crippen LogP contribution is 2.20. The molecule has 6 heteroatoms. The van der Waals surface area contributed by atoms with Gasteiger partial charge in [-0.25, -0.2) is 9.18 Å². The Morgan fingerprint density at radius 1 is 1.12 bits per heavy atom. The summed E-state index contributed by atoms with van der Waals surface area (Å²) in [5.74, 6) is -2.19. The van der Waals surface area contributed by atoms with Gasteiger partial charge in [0, 0.05) is 6.04 Å². The van der Waals surface area contributed by atoms with Crippen LogP contribution in [0.15, 0.2) is 48.5 Å². The summed E-state index contributed by atoms with van der Waals surface area (Å²) < 4.78 is 18.8. The average Bonchev–Trinajstić information content (AvgIpc) is 2.60. The molecule has 0 spiro atoms. The molecule has 0 radical (unpaired) electrons. The third kappa shape index (κ3) is 5.56. The molecule has 2 aromatic rings. The molecule has 0 heterocycles. The van der Waals surface area contributed by atoms with Crippen molar-refractivity contribution in [3.05, 3.63) is 70.5 Å². The lowest BCUT2D eigenvalue weighted by Crippen LogP contribution is -2.41. The normalized spacial score (nSPS) is 12.9. The Hall–Kier alpha value is -2.40. The molecule has 0 fully saturated rings. The number of hydrogen-bond donors (Lipinski definition) is 1. The van der Waals surface area contributed by atoms with E-state index in [1.165, 1.54) is 24.6 Å². The summed E-state index contributed by atoms with van der Waals surface area (Å²) in [6.07, 6.45) is 0.508. The monoisotopic (exact) mass is 377 g/mol. The van der Waals surface area contributed by atoms with E-state index in [-0.39, 0.29) is 16.6 Å². The molecular weight excluding hydrogens is 357 g/mol. The maximum Gasteiger partial charge on any atom is 0.343 e. The lowest BCUT2D eigenvalue weighted by atomic mass is 10.1. The molecule has 0 aliphatic heterocycles. The van der Waals surface area contributed by atoms with Gasteiger partial charge in [-0.2, -0.15) is 0 Å². The molecule has 0 aliphatic rings. The topological polar surface area (TPSA) is 55.4 Å². The first-order valence-corrected chi connectivity index (χ1v) is 8.75. The smallest absolute Gasteiger partial charge is 0.343 e. The first-order chi connectivity index (χ1) is 12.4. The van der Waals surface area contributed by atoms with Crippen molar-refractivity contribution in [3.63, 3.8) is 0 Å². The number of nitrogens with one attached hydrogen (secondary N) is 1. The number of aryl methyl sites for hydroxylation is 1. The Morgan fingerprint density at radius 2 is 1.81 bits per heavy atom. The van der Waals surface area contributed by atoms with Gasteiger partial charge in [0.2, 0.25) is 0 Å². The fourth-order valence-corrected chi connectivity index (χ4v) is 2.67. The van der Waals surface area contributed by atoms with Crippen molar-refractivity contribution in [2.45, 2.75) is 38.8 Å². The van der Waals surface area contributed by atoms with Crippen molar-refractivity contribution in [1.82, 2.24) is 5.32 Å². The van der Waals surface area contributed by atoms with Crippen LogP contribution in [0.3, 0.4) is 0 Å². The lowest BCUT2D eigenvalue weighted by Gasteiger charge is -2.18. The van der Waals surface area contributed by atoms with Crippen LogP contribution >= 0.6 is 11.6 Å². The maximum atomic E-state index is 13.7. The number of carbonyl (C=O) groups is 2. The first kappa shape index (κ1) is 19.9. The van der Waals surface area contributed by atoms with Crippen molar-refractivity contribution in [1.29, 1.82) is 0 Å². The summed E-state index contributed by atoms with van der Waals surface area (Å²) in [5, 5.41) is 2.74. The van der Waals surface area contributed by atoms with Crippen LogP contribution in [0.25, 0.3) is 0 Å². The molecule has 2 atom stereocenters. The van der Waals surface area contributed by atoms with Gasteiger partial charge in [-0.3, -0.25) is 4.79 Å². The molecule has 0 saturated carbocycles. The zero-order chi connectivity index (χ0) is 19.1. The SMILES string of the molecule is C[C@H](CCc1ccccc1)NC(=O)[C@@H](C)OC(=O)c1c(F)cccc1Cl. The van der Waals surface area contributed by atoms with E-state index in [0.717, 1.165) is 18.9 Å². The molecule has 2 rings (SSSR count). The Bertz CT molecular complexity index is 747. The molecule has 1 amide bonds. The van der Waals surface area contributed by atoms with E-state index in [2.05, 4.69) is 5.32 Å². The lowest BCUT2D eigenvalue weighted by molar-refractivity contribution is -0.129. The molecule has 0 unspecified atom stereocenters. The Kier molecular flexibility index (Phi) is 7.16. The van der Waals surface area contributed by atoms with Crippen LogP contribution in [0, 0.1) is 5.82 Å². The standard InChI is InChI=1S/C20H21ClFNO3/c1-13(11-12-15-7-4-3-5-8-15)23-19(24)14(2)26-20(25)18-16(21)9-6-10-17(18)22/h3-10,13-14H,11-12H2,1-2H3,(H,23,24)/t13-,14-/m1/s1. The first-order valence-electron chi connectivity index (χ1n) is 8.37. The summed E-state index contributed by atoms with van der Waals surface area (Å²) >= 11 is 5.83. The molecule has 0 bridgehead atoms. The highest BCUT2D eigenvalue weighted by Gasteiger charge is 2.23. The van der Waals surface area contributed by atoms with Crippen LogP contribution in [0.2, 0.25) is 5.02 Å². The third-order valence-electron chi connectivity index (χ3n) is 3.92. The van der Waals surface area contributed by atoms with Crippen LogP contribution in [0.4, 0.5) is 4.39 Å². The molecule has 4 nitrogen and oxygen atoms in total. The molecule has 2 aromatic carbocycles. The third-order valence-corrected chi connectivity index (χ3v) is 4.23. The summed E-state index contributed by atoms with van der Waals surface area (Å²) in [5.41, 5.74) is 0.813. The Morgan fingerprint density at radius 3 is 2.46 bits per heavy atom. The minimum absolute atomic E-state index is 0.0566. The van der Waals surface area contributed by atoms with E-state index in [4.69, 9.17) is 16.3 Å². The van der Waals surface area contributed by atoms with Gasteiger partial charge in [0.15, 0.2) is 6.10 Å². The Balaban J connectivity index is 1.86. The zero-order valence-electron chi connectivity index (χ0n) is 14.7. The van der Waals surface area contributed by atoms with Gasteiger partial charge in [0.25, 0.3) is 5.91 Å². The summed E-state index contributed by atoms with van der Waals surface area (Å²) in [7, 11) is 0. The fourth-order valence-electron chi connectivity index (χ4n) is 2.43. The minimum atomic E-state index is -1.06. The van der Waals surface area contributed by atoms with Crippen LogP contribution in [-0.4, -0.2) is 24.0 Å². The maximum absolute atomic E-state index is 13.7. The number of hydrogen-bond acceptors (Lipinski definition) is 3. The summed E-state index contributed by atoms with van der Waals surface area (Å²) in [6.45, 7) is 3.31. The molecular formula is C20H21ClFNO3. The van der Waals surface area contributed by atoms with Crippen LogP contribution in [0.1, 0.15) is 36.2 Å². The van der Waals surface area contributed by atoms with Crippen molar-refractivity contribution in [2.24, 2.45) is 0 Å². The van der Waals surface area contributed by atoms with Crippen molar-refractivity contribution < 1.29 is 18.7 Å². The predicted molar refractivity (Wildman–Crippen MR) is 98.7 cm³/mol. The number of ether oxygens (including phenoxy) is 1. The van der Waals surface area contributed by atoms with Gasteiger partial charge in [-0.05, 0) is 44.4 Å². The second-order valence-corrected chi connectivity index (χ2v) is 6.49. The molecule has 138 valence electrons. The number of esters is 1. The van der Waals surface area contributed by atoms with Gasteiger partial charge in [0.05, 0.1) is 5.02 Å². The van der Waals surface area contributed by atoms with E-state index in [0.29, 0.717) is 0 Å². The molecule has 26 heavy (non-hydrogen) atoms. The van der Waals surface area contributed by atoms with Gasteiger partial charge in [-0.1, -0.05) is 48.0 Å². The van der Waals surface area contributed by atoms with Gasteiger partial charge in [0.1, 0.15) is 11.4 Å². The van der Waals surface area contributed by atoms with Crippen LogP contribution in [0.5, 0.6) is 0 Å². The molecule has 0 aliphatic carbocycles. The molecule has 0 aromatic heterocycles. The van der Waals surface area contributed by atoms with Crippen molar-refractivity contribution in [2.75, 3.05) is 0 Å². The van der Waals surface area contributed by atoms with Gasteiger partial charge < -0.3 is 10.1 Å². The van der Waals surface area contributed by atoms with E-state index in [1.807, 2.05) is 37.3 Å². The van der Waals surface area contributed by atoms with Crippen molar-refractivity contribution in [3.8, 4) is 0 Å².